The molecule has 2 rings (SSSR count). The van der Waals surface area contributed by atoms with Crippen molar-refractivity contribution in [2.24, 2.45) is 5.92 Å². The summed E-state index contributed by atoms with van der Waals surface area (Å²) in [5, 5.41) is 3.50. The van der Waals surface area contributed by atoms with Gasteiger partial charge in [-0.25, -0.2) is 4.39 Å². The first-order valence-corrected chi connectivity index (χ1v) is 6.78. The molecule has 0 aromatic heterocycles. The quantitative estimate of drug-likeness (QED) is 0.868. The molecule has 18 heavy (non-hydrogen) atoms. The molecule has 2 atom stereocenters. The molecule has 0 aliphatic heterocycles. The van der Waals surface area contributed by atoms with E-state index in [9.17, 15) is 4.39 Å². The summed E-state index contributed by atoms with van der Waals surface area (Å²) < 4.78 is 18.5. The van der Waals surface area contributed by atoms with E-state index in [4.69, 9.17) is 4.74 Å². The molecule has 1 saturated carbocycles. The normalized spacial score (nSPS) is 23.3. The summed E-state index contributed by atoms with van der Waals surface area (Å²) in [6.07, 6.45) is 4.67. The van der Waals surface area contributed by atoms with Crippen LogP contribution in [-0.2, 0) is 6.42 Å². The lowest BCUT2D eigenvalue weighted by molar-refractivity contribution is 0.385. The fourth-order valence-corrected chi connectivity index (χ4v) is 2.90. The number of nitrogens with one attached hydrogen (secondary N) is 1. The maximum atomic E-state index is 13.6. The third-order valence-corrected chi connectivity index (χ3v) is 3.77. The van der Waals surface area contributed by atoms with Crippen LogP contribution in [0.15, 0.2) is 18.2 Å². The third kappa shape index (κ3) is 3.22. The second-order valence-electron chi connectivity index (χ2n) is 5.11. The van der Waals surface area contributed by atoms with Crippen LogP contribution in [0.4, 0.5) is 4.39 Å². The molecule has 0 bridgehead atoms. The first kappa shape index (κ1) is 13.3. The van der Waals surface area contributed by atoms with E-state index in [1.807, 2.05) is 6.07 Å². The van der Waals surface area contributed by atoms with Gasteiger partial charge in [-0.15, -0.1) is 0 Å². The standard InChI is InChI=1S/C15H22FNO/c1-3-17-13-6-4-11(9-13)8-12-5-7-15(18-2)14(16)10-12/h5,7,10-11,13,17H,3-4,6,8-9H2,1-2H3. The number of hydrogen-bond donors (Lipinski definition) is 1. The van der Waals surface area contributed by atoms with E-state index in [0.717, 1.165) is 18.5 Å². The minimum Gasteiger partial charge on any atom is -0.494 e. The van der Waals surface area contributed by atoms with Crippen LogP contribution in [0.5, 0.6) is 5.75 Å². The Hall–Kier alpha value is -1.09. The highest BCUT2D eigenvalue weighted by molar-refractivity contribution is 5.29. The molecular weight excluding hydrogens is 229 g/mol. The van der Waals surface area contributed by atoms with Crippen LogP contribution in [0.2, 0.25) is 0 Å². The van der Waals surface area contributed by atoms with Gasteiger partial charge < -0.3 is 10.1 Å². The molecule has 1 aliphatic rings. The zero-order chi connectivity index (χ0) is 13.0. The molecule has 3 heteroatoms. The van der Waals surface area contributed by atoms with Crippen molar-refractivity contribution >= 4 is 0 Å². The van der Waals surface area contributed by atoms with Gasteiger partial charge in [0.1, 0.15) is 0 Å². The Bertz CT molecular complexity index is 394. The van der Waals surface area contributed by atoms with Crippen LogP contribution in [0.1, 0.15) is 31.7 Å². The average Bonchev–Trinajstić information content (AvgIpc) is 2.77. The van der Waals surface area contributed by atoms with Crippen molar-refractivity contribution in [3.05, 3.63) is 29.6 Å². The second kappa shape index (κ2) is 6.19. The molecule has 0 saturated heterocycles. The van der Waals surface area contributed by atoms with Crippen LogP contribution in [0.3, 0.4) is 0 Å². The first-order chi connectivity index (χ1) is 8.72. The van der Waals surface area contributed by atoms with E-state index in [0.29, 0.717) is 17.7 Å². The summed E-state index contributed by atoms with van der Waals surface area (Å²) in [5.74, 6) is 0.758. The number of hydrogen-bond acceptors (Lipinski definition) is 2. The van der Waals surface area contributed by atoms with Crippen molar-refractivity contribution in [3.8, 4) is 5.75 Å². The van der Waals surface area contributed by atoms with Crippen molar-refractivity contribution in [2.45, 2.75) is 38.6 Å². The van der Waals surface area contributed by atoms with Gasteiger partial charge in [-0.05, 0) is 55.8 Å². The Kier molecular flexibility index (Phi) is 4.59. The molecule has 1 aliphatic carbocycles. The lowest BCUT2D eigenvalue weighted by atomic mass is 9.97. The molecule has 0 heterocycles. The van der Waals surface area contributed by atoms with Crippen LogP contribution in [0, 0.1) is 11.7 Å². The predicted octanol–water partition coefficient (Wildman–Crippen LogP) is 3.16. The fraction of sp³-hybridized carbons (Fsp3) is 0.600. The SMILES string of the molecule is CCNC1CCC(Cc2ccc(OC)c(F)c2)C1. The molecule has 1 N–H and O–H groups in total. The molecule has 0 radical (unpaired) electrons. The molecule has 1 aromatic rings. The maximum absolute atomic E-state index is 13.6. The van der Waals surface area contributed by atoms with Crippen molar-refractivity contribution in [3.63, 3.8) is 0 Å². The van der Waals surface area contributed by atoms with Crippen molar-refractivity contribution < 1.29 is 9.13 Å². The van der Waals surface area contributed by atoms with E-state index in [1.165, 1.54) is 26.4 Å². The maximum Gasteiger partial charge on any atom is 0.165 e. The average molecular weight is 251 g/mol. The topological polar surface area (TPSA) is 21.3 Å². The van der Waals surface area contributed by atoms with Gasteiger partial charge in [0.05, 0.1) is 7.11 Å². The van der Waals surface area contributed by atoms with Crippen LogP contribution < -0.4 is 10.1 Å². The minimum atomic E-state index is -0.253. The van der Waals surface area contributed by atoms with Crippen LogP contribution in [-0.4, -0.2) is 19.7 Å². The van der Waals surface area contributed by atoms with Crippen molar-refractivity contribution in [2.75, 3.05) is 13.7 Å². The fourth-order valence-electron chi connectivity index (χ4n) is 2.90. The lowest BCUT2D eigenvalue weighted by Crippen LogP contribution is -2.25. The Morgan fingerprint density at radius 2 is 2.22 bits per heavy atom. The van der Waals surface area contributed by atoms with E-state index in [-0.39, 0.29) is 5.82 Å². The number of rotatable bonds is 5. The van der Waals surface area contributed by atoms with E-state index in [1.54, 1.807) is 12.1 Å². The molecule has 0 spiro atoms. The molecule has 2 unspecified atom stereocenters. The van der Waals surface area contributed by atoms with Crippen molar-refractivity contribution in [1.29, 1.82) is 0 Å². The molecule has 0 amide bonds. The van der Waals surface area contributed by atoms with Gasteiger partial charge in [0.2, 0.25) is 0 Å². The lowest BCUT2D eigenvalue weighted by Gasteiger charge is -2.12. The van der Waals surface area contributed by atoms with Gasteiger partial charge in [-0.1, -0.05) is 13.0 Å². The summed E-state index contributed by atoms with van der Waals surface area (Å²) in [7, 11) is 1.50. The summed E-state index contributed by atoms with van der Waals surface area (Å²) in [5.41, 5.74) is 1.08. The van der Waals surface area contributed by atoms with E-state index < -0.39 is 0 Å². The number of methoxy groups -OCH3 is 1. The largest absolute Gasteiger partial charge is 0.494 e. The van der Waals surface area contributed by atoms with E-state index >= 15 is 0 Å². The van der Waals surface area contributed by atoms with Gasteiger partial charge >= 0.3 is 0 Å². The third-order valence-electron chi connectivity index (χ3n) is 3.77. The summed E-state index contributed by atoms with van der Waals surface area (Å²) in [6, 6.07) is 5.96. The van der Waals surface area contributed by atoms with Gasteiger partial charge in [-0.2, -0.15) is 0 Å². The van der Waals surface area contributed by atoms with E-state index in [2.05, 4.69) is 12.2 Å². The van der Waals surface area contributed by atoms with Gasteiger partial charge in [0, 0.05) is 6.04 Å². The first-order valence-electron chi connectivity index (χ1n) is 6.78. The highest BCUT2D eigenvalue weighted by atomic mass is 19.1. The zero-order valence-electron chi connectivity index (χ0n) is 11.2. The molecule has 100 valence electrons. The minimum absolute atomic E-state index is 0.253. The summed E-state index contributed by atoms with van der Waals surface area (Å²) in [6.45, 7) is 3.18. The highest BCUT2D eigenvalue weighted by Gasteiger charge is 2.24. The van der Waals surface area contributed by atoms with Crippen LogP contribution in [0.25, 0.3) is 0 Å². The molecular formula is C15H22FNO. The number of benzene rings is 1. The molecule has 1 fully saturated rings. The predicted molar refractivity (Wildman–Crippen MR) is 71.5 cm³/mol. The van der Waals surface area contributed by atoms with Crippen LogP contribution >= 0.6 is 0 Å². The zero-order valence-corrected chi connectivity index (χ0v) is 11.2. The smallest absolute Gasteiger partial charge is 0.165 e. The Morgan fingerprint density at radius 3 is 2.89 bits per heavy atom. The van der Waals surface area contributed by atoms with Gasteiger partial charge in [-0.3, -0.25) is 0 Å². The van der Waals surface area contributed by atoms with Gasteiger partial charge in [0.15, 0.2) is 11.6 Å². The Labute approximate surface area is 109 Å². The summed E-state index contributed by atoms with van der Waals surface area (Å²) in [4.78, 5) is 0. The van der Waals surface area contributed by atoms with Gasteiger partial charge in [0.25, 0.3) is 0 Å². The Morgan fingerprint density at radius 1 is 1.39 bits per heavy atom. The highest BCUT2D eigenvalue weighted by Crippen LogP contribution is 2.29. The molecule has 2 nitrogen and oxygen atoms in total. The monoisotopic (exact) mass is 251 g/mol. The second-order valence-corrected chi connectivity index (χ2v) is 5.11. The Balaban J connectivity index is 1.92. The summed E-state index contributed by atoms with van der Waals surface area (Å²) >= 11 is 0. The molecule has 1 aromatic carbocycles. The van der Waals surface area contributed by atoms with Crippen molar-refractivity contribution in [1.82, 2.24) is 5.32 Å². The number of halogens is 1. The number of ether oxygens (including phenoxy) is 1.